The third-order valence-corrected chi connectivity index (χ3v) is 2.56. The summed E-state index contributed by atoms with van der Waals surface area (Å²) in [6.07, 6.45) is 3.95. The Morgan fingerprint density at radius 3 is 2.79 bits per heavy atom. The summed E-state index contributed by atoms with van der Waals surface area (Å²) in [7, 11) is 0. The van der Waals surface area contributed by atoms with Gasteiger partial charge in [-0.15, -0.1) is 0 Å². The number of pyridine rings is 1. The van der Waals surface area contributed by atoms with E-state index in [0.29, 0.717) is 11.5 Å². The Morgan fingerprint density at radius 2 is 2.07 bits per heavy atom. The molecule has 4 heteroatoms. The number of hydrogen-bond donors (Lipinski definition) is 0. The van der Waals surface area contributed by atoms with Crippen LogP contribution in [0.4, 0.5) is 0 Å². The maximum Gasteiger partial charge on any atom is 0.365 e. The number of fused-ring (bicyclic) bond motifs is 1. The summed E-state index contributed by atoms with van der Waals surface area (Å²) >= 11 is 0. The van der Waals surface area contributed by atoms with Gasteiger partial charge < -0.3 is 4.74 Å². The van der Waals surface area contributed by atoms with E-state index in [1.807, 2.05) is 0 Å². The average Bonchev–Trinajstić information content (AvgIpc) is 2.96. The average molecular weight is 189 g/mol. The normalized spacial score (nSPS) is 19.4. The minimum atomic E-state index is -0.632. The van der Waals surface area contributed by atoms with Gasteiger partial charge in [-0.05, 0) is 30.4 Å². The van der Waals surface area contributed by atoms with Gasteiger partial charge in [-0.2, -0.15) is 0 Å². The Hall–Kier alpha value is -1.71. The molecule has 2 heterocycles. The number of hydrogen-bond acceptors (Lipinski definition) is 4. The molecule has 0 unspecified atom stereocenters. The molecule has 0 atom stereocenters. The molecule has 0 saturated heterocycles. The molecule has 0 bridgehead atoms. The van der Waals surface area contributed by atoms with Crippen LogP contribution in [-0.2, 0) is 4.74 Å². The number of ether oxygens (including phenoxy) is 1. The molecule has 1 aromatic rings. The molecule has 3 rings (SSSR count). The summed E-state index contributed by atoms with van der Waals surface area (Å²) in [6.45, 7) is 0. The van der Waals surface area contributed by atoms with Gasteiger partial charge in [0.2, 0.25) is 0 Å². The first-order valence-electron chi connectivity index (χ1n) is 4.52. The van der Waals surface area contributed by atoms with Crippen LogP contribution in [0, 0.1) is 0 Å². The Bertz CT molecular complexity index is 449. The molecule has 0 N–H and O–H groups in total. The second-order valence-electron chi connectivity index (χ2n) is 3.62. The minimum absolute atomic E-state index is 0.152. The zero-order valence-electron chi connectivity index (χ0n) is 7.32. The summed E-state index contributed by atoms with van der Waals surface area (Å²) in [5.74, 6) is -0.677. The highest BCUT2D eigenvalue weighted by molar-refractivity contribution is 6.13. The zero-order chi connectivity index (χ0) is 9.71. The van der Waals surface area contributed by atoms with Gasteiger partial charge in [0.15, 0.2) is 5.69 Å². The molecule has 1 aliphatic heterocycles. The van der Waals surface area contributed by atoms with Gasteiger partial charge in [-0.25, -0.2) is 14.6 Å². The van der Waals surface area contributed by atoms with Gasteiger partial charge in [0.1, 0.15) is 0 Å². The third-order valence-electron chi connectivity index (χ3n) is 2.56. The van der Waals surface area contributed by atoms with E-state index in [2.05, 4.69) is 9.72 Å². The van der Waals surface area contributed by atoms with E-state index >= 15 is 0 Å². The SMILES string of the molecule is O=C1OC(=O)c2ncc(C3CC3)cc21. The molecule has 0 amide bonds. The Kier molecular flexibility index (Phi) is 1.32. The molecule has 0 spiro atoms. The van der Waals surface area contributed by atoms with Crippen molar-refractivity contribution in [1.29, 1.82) is 0 Å². The van der Waals surface area contributed by atoms with Crippen molar-refractivity contribution in [1.82, 2.24) is 4.98 Å². The lowest BCUT2D eigenvalue weighted by Crippen LogP contribution is -1.98. The fourth-order valence-electron chi connectivity index (χ4n) is 1.63. The van der Waals surface area contributed by atoms with Crippen LogP contribution in [0.2, 0.25) is 0 Å². The number of carbonyl (C=O) groups excluding carboxylic acids is 2. The third kappa shape index (κ3) is 0.968. The first-order valence-corrected chi connectivity index (χ1v) is 4.52. The largest absolute Gasteiger partial charge is 0.384 e. The second-order valence-corrected chi connectivity index (χ2v) is 3.62. The van der Waals surface area contributed by atoms with Crippen molar-refractivity contribution in [2.75, 3.05) is 0 Å². The van der Waals surface area contributed by atoms with Crippen molar-refractivity contribution in [3.05, 3.63) is 29.1 Å². The smallest absolute Gasteiger partial charge is 0.365 e. The molecule has 1 fully saturated rings. The van der Waals surface area contributed by atoms with Crippen LogP contribution in [0.5, 0.6) is 0 Å². The van der Waals surface area contributed by atoms with Gasteiger partial charge in [0.05, 0.1) is 5.56 Å². The highest BCUT2D eigenvalue weighted by atomic mass is 16.6. The van der Waals surface area contributed by atoms with E-state index in [1.165, 1.54) is 0 Å². The van der Waals surface area contributed by atoms with Crippen molar-refractivity contribution in [3.8, 4) is 0 Å². The van der Waals surface area contributed by atoms with Gasteiger partial charge in [-0.1, -0.05) is 0 Å². The van der Waals surface area contributed by atoms with Crippen LogP contribution in [-0.4, -0.2) is 16.9 Å². The van der Waals surface area contributed by atoms with E-state index in [-0.39, 0.29) is 5.69 Å². The summed E-state index contributed by atoms with van der Waals surface area (Å²) in [6, 6.07) is 1.73. The van der Waals surface area contributed by atoms with E-state index in [0.717, 1.165) is 18.4 Å². The maximum atomic E-state index is 11.2. The van der Waals surface area contributed by atoms with E-state index in [1.54, 1.807) is 12.3 Å². The molecule has 14 heavy (non-hydrogen) atoms. The molecule has 70 valence electrons. The van der Waals surface area contributed by atoms with Crippen LogP contribution in [0.25, 0.3) is 0 Å². The predicted molar refractivity (Wildman–Crippen MR) is 46.0 cm³/mol. The van der Waals surface area contributed by atoms with Crippen molar-refractivity contribution in [3.63, 3.8) is 0 Å². The standard InChI is InChI=1S/C10H7NO3/c12-9-7-3-6(5-1-2-5)4-11-8(7)10(13)14-9/h3-5H,1-2H2. The topological polar surface area (TPSA) is 56.3 Å². The predicted octanol–water partition coefficient (Wildman–Crippen LogP) is 1.27. The molecule has 0 radical (unpaired) electrons. The number of nitrogens with zero attached hydrogens (tertiary/aromatic N) is 1. The highest BCUT2D eigenvalue weighted by Gasteiger charge is 2.33. The molecule has 1 aromatic heterocycles. The first kappa shape index (κ1) is 7.67. The molecular formula is C10H7NO3. The molecule has 1 saturated carbocycles. The monoisotopic (exact) mass is 189 g/mol. The minimum Gasteiger partial charge on any atom is -0.384 e. The summed E-state index contributed by atoms with van der Waals surface area (Å²) < 4.78 is 4.45. The number of cyclic esters (lactones) is 2. The van der Waals surface area contributed by atoms with Crippen molar-refractivity contribution < 1.29 is 14.3 Å². The summed E-state index contributed by atoms with van der Waals surface area (Å²) in [5.41, 5.74) is 1.51. The molecule has 0 aromatic carbocycles. The summed E-state index contributed by atoms with van der Waals surface area (Å²) in [5, 5.41) is 0. The van der Waals surface area contributed by atoms with Crippen molar-refractivity contribution in [2.45, 2.75) is 18.8 Å². The molecule has 1 aliphatic carbocycles. The number of rotatable bonds is 1. The van der Waals surface area contributed by atoms with Gasteiger partial charge >= 0.3 is 11.9 Å². The van der Waals surface area contributed by atoms with Crippen LogP contribution < -0.4 is 0 Å². The number of esters is 2. The number of carbonyl (C=O) groups is 2. The van der Waals surface area contributed by atoms with Crippen LogP contribution in [0.3, 0.4) is 0 Å². The maximum absolute atomic E-state index is 11.2. The molecular weight excluding hydrogens is 182 g/mol. The van der Waals surface area contributed by atoms with Crippen LogP contribution >= 0.6 is 0 Å². The zero-order valence-corrected chi connectivity index (χ0v) is 7.32. The van der Waals surface area contributed by atoms with Crippen molar-refractivity contribution >= 4 is 11.9 Å². The second kappa shape index (κ2) is 2.41. The lowest BCUT2D eigenvalue weighted by molar-refractivity contribution is 0.0441. The fourth-order valence-corrected chi connectivity index (χ4v) is 1.63. The van der Waals surface area contributed by atoms with Gasteiger partial charge in [0.25, 0.3) is 0 Å². The van der Waals surface area contributed by atoms with Crippen molar-refractivity contribution in [2.24, 2.45) is 0 Å². The Labute approximate surface area is 79.9 Å². The summed E-state index contributed by atoms with van der Waals surface area (Å²) in [4.78, 5) is 26.2. The molecule has 2 aliphatic rings. The highest BCUT2D eigenvalue weighted by Crippen LogP contribution is 2.40. The quantitative estimate of drug-likeness (QED) is 0.493. The van der Waals surface area contributed by atoms with E-state index in [4.69, 9.17) is 0 Å². The Balaban J connectivity index is 2.13. The van der Waals surface area contributed by atoms with E-state index in [9.17, 15) is 9.59 Å². The lowest BCUT2D eigenvalue weighted by Gasteiger charge is -1.97. The fraction of sp³-hybridized carbons (Fsp3) is 0.300. The first-order chi connectivity index (χ1) is 6.75. The Morgan fingerprint density at radius 1 is 1.29 bits per heavy atom. The van der Waals surface area contributed by atoms with Crippen LogP contribution in [0.15, 0.2) is 12.3 Å². The van der Waals surface area contributed by atoms with Gasteiger partial charge in [-0.3, -0.25) is 0 Å². The van der Waals surface area contributed by atoms with Crippen LogP contribution in [0.1, 0.15) is 45.2 Å². The lowest BCUT2D eigenvalue weighted by atomic mass is 10.1. The number of aromatic nitrogens is 1. The molecule has 4 nitrogen and oxygen atoms in total. The van der Waals surface area contributed by atoms with Gasteiger partial charge in [0, 0.05) is 6.20 Å². The van der Waals surface area contributed by atoms with E-state index < -0.39 is 11.9 Å².